The first-order chi connectivity index (χ1) is 12.7. The van der Waals surface area contributed by atoms with E-state index in [1.807, 2.05) is 25.1 Å². The first-order valence-corrected chi connectivity index (χ1v) is 10.1. The van der Waals surface area contributed by atoms with Crippen molar-refractivity contribution in [2.75, 3.05) is 5.75 Å². The van der Waals surface area contributed by atoms with Crippen LogP contribution in [-0.2, 0) is 26.7 Å². The Morgan fingerprint density at radius 3 is 2.70 bits per heavy atom. The number of nitrogens with one attached hydrogen (secondary N) is 1. The minimum absolute atomic E-state index is 0.00107. The van der Waals surface area contributed by atoms with Gasteiger partial charge in [-0.05, 0) is 37.1 Å². The Balaban J connectivity index is 1.78. The lowest BCUT2D eigenvalue weighted by Gasteiger charge is -2.33. The number of rotatable bonds is 2. The first kappa shape index (κ1) is 17.7. The van der Waals surface area contributed by atoms with Crippen molar-refractivity contribution in [3.05, 3.63) is 65.0 Å². The van der Waals surface area contributed by atoms with Crippen LogP contribution in [0.25, 0.3) is 0 Å². The summed E-state index contributed by atoms with van der Waals surface area (Å²) in [5, 5.41) is 2.63. The third kappa shape index (κ3) is 2.71. The van der Waals surface area contributed by atoms with Crippen molar-refractivity contribution in [2.45, 2.75) is 30.3 Å². The Labute approximate surface area is 155 Å². The van der Waals surface area contributed by atoms with Gasteiger partial charge in [0.15, 0.2) is 9.84 Å². The fourth-order valence-electron chi connectivity index (χ4n) is 3.75. The monoisotopic (exact) mass is 388 g/mol. The van der Waals surface area contributed by atoms with Crippen LogP contribution in [0.1, 0.15) is 23.1 Å². The number of carbonyl (C=O) groups excluding carboxylic acids is 2. The highest BCUT2D eigenvalue weighted by Crippen LogP contribution is 2.41. The molecule has 1 saturated heterocycles. The van der Waals surface area contributed by atoms with Gasteiger partial charge >= 0.3 is 6.03 Å². The number of fused-ring (bicyclic) bond motifs is 2. The summed E-state index contributed by atoms with van der Waals surface area (Å²) in [4.78, 5) is 26.7. The maximum atomic E-state index is 13.9. The van der Waals surface area contributed by atoms with Gasteiger partial charge in [0.1, 0.15) is 11.4 Å². The average Bonchev–Trinajstić information content (AvgIpc) is 2.84. The first-order valence-electron chi connectivity index (χ1n) is 8.45. The number of benzene rings is 2. The predicted octanol–water partition coefficient (Wildman–Crippen LogP) is 2.26. The summed E-state index contributed by atoms with van der Waals surface area (Å²) in [6.07, 6.45) is -0.124. The molecule has 1 N–H and O–H groups in total. The second kappa shape index (κ2) is 5.88. The van der Waals surface area contributed by atoms with Crippen molar-refractivity contribution >= 4 is 21.8 Å². The predicted molar refractivity (Wildman–Crippen MR) is 95.0 cm³/mol. The van der Waals surface area contributed by atoms with Gasteiger partial charge in [-0.2, -0.15) is 0 Å². The lowest BCUT2D eigenvalue weighted by Crippen LogP contribution is -2.48. The third-order valence-corrected chi connectivity index (χ3v) is 6.85. The number of urea groups is 1. The van der Waals surface area contributed by atoms with Crippen LogP contribution in [0, 0.1) is 12.7 Å². The number of halogens is 1. The second-order valence-corrected chi connectivity index (χ2v) is 9.00. The summed E-state index contributed by atoms with van der Waals surface area (Å²) in [6, 6.07) is 10.0. The smallest absolute Gasteiger partial charge is 0.319 e. The minimum atomic E-state index is -3.63. The van der Waals surface area contributed by atoms with Crippen LogP contribution < -0.4 is 5.32 Å². The molecule has 6 nitrogen and oxygen atoms in total. The molecule has 27 heavy (non-hydrogen) atoms. The molecular formula is C19H17FN2O4S. The summed E-state index contributed by atoms with van der Waals surface area (Å²) in [6.45, 7) is 1.97. The zero-order valence-electron chi connectivity index (χ0n) is 14.5. The quantitative estimate of drug-likeness (QED) is 0.632. The van der Waals surface area contributed by atoms with Crippen LogP contribution in [0.2, 0.25) is 0 Å². The number of carbonyl (C=O) groups is 2. The van der Waals surface area contributed by atoms with Gasteiger partial charge in [-0.15, -0.1) is 0 Å². The molecule has 0 radical (unpaired) electrons. The van der Waals surface area contributed by atoms with Crippen molar-refractivity contribution < 1.29 is 22.4 Å². The summed E-state index contributed by atoms with van der Waals surface area (Å²) in [5.74, 6) is -1.52. The molecule has 2 aliphatic heterocycles. The Kier molecular flexibility index (Phi) is 3.85. The van der Waals surface area contributed by atoms with Gasteiger partial charge in [0.2, 0.25) is 0 Å². The highest BCUT2D eigenvalue weighted by Gasteiger charge is 2.56. The SMILES string of the molecule is Cc1cccc(CN2C(=O)N[C@]3(CCS(=O)(=O)c4ccc(F)cc43)C2=O)c1. The van der Waals surface area contributed by atoms with E-state index in [-0.39, 0.29) is 29.2 Å². The lowest BCUT2D eigenvalue weighted by molar-refractivity contribution is -0.132. The van der Waals surface area contributed by atoms with Gasteiger partial charge in [-0.25, -0.2) is 17.6 Å². The summed E-state index contributed by atoms with van der Waals surface area (Å²) in [7, 11) is -3.63. The normalized spacial score (nSPS) is 23.4. The zero-order valence-corrected chi connectivity index (χ0v) is 15.3. The van der Waals surface area contributed by atoms with Crippen LogP contribution in [-0.4, -0.2) is 31.0 Å². The minimum Gasteiger partial charge on any atom is -0.319 e. The Morgan fingerprint density at radius 1 is 1.19 bits per heavy atom. The topological polar surface area (TPSA) is 83.6 Å². The fourth-order valence-corrected chi connectivity index (χ4v) is 5.39. The average molecular weight is 388 g/mol. The maximum absolute atomic E-state index is 13.9. The van der Waals surface area contributed by atoms with Crippen molar-refractivity contribution in [1.82, 2.24) is 10.2 Å². The van der Waals surface area contributed by atoms with Crippen LogP contribution >= 0.6 is 0 Å². The Bertz CT molecular complexity index is 1080. The molecule has 1 fully saturated rings. The molecule has 2 aromatic carbocycles. The molecule has 0 saturated carbocycles. The van der Waals surface area contributed by atoms with Crippen molar-refractivity contribution in [3.8, 4) is 0 Å². The molecule has 1 atom stereocenters. The van der Waals surface area contributed by atoms with Gasteiger partial charge in [-0.1, -0.05) is 29.8 Å². The van der Waals surface area contributed by atoms with Gasteiger partial charge < -0.3 is 5.32 Å². The van der Waals surface area contributed by atoms with Gasteiger partial charge in [0.25, 0.3) is 5.91 Å². The number of hydrogen-bond donors (Lipinski definition) is 1. The summed E-state index contributed by atoms with van der Waals surface area (Å²) < 4.78 is 38.6. The molecular weight excluding hydrogens is 371 g/mol. The number of hydrogen-bond acceptors (Lipinski definition) is 4. The van der Waals surface area contributed by atoms with Crippen molar-refractivity contribution in [1.29, 1.82) is 0 Å². The van der Waals surface area contributed by atoms with Crippen LogP contribution in [0.3, 0.4) is 0 Å². The highest BCUT2D eigenvalue weighted by molar-refractivity contribution is 7.91. The van der Waals surface area contributed by atoms with E-state index in [0.29, 0.717) is 0 Å². The summed E-state index contributed by atoms with van der Waals surface area (Å²) in [5.41, 5.74) is 0.214. The molecule has 8 heteroatoms. The number of sulfone groups is 1. The molecule has 2 aliphatic rings. The van der Waals surface area contributed by atoms with E-state index < -0.39 is 33.1 Å². The molecule has 140 valence electrons. The van der Waals surface area contributed by atoms with Crippen LogP contribution in [0.15, 0.2) is 47.4 Å². The molecule has 3 amide bonds. The molecule has 0 aromatic heterocycles. The maximum Gasteiger partial charge on any atom is 0.325 e. The molecule has 1 spiro atoms. The largest absolute Gasteiger partial charge is 0.325 e. The van der Waals surface area contributed by atoms with Crippen molar-refractivity contribution in [2.24, 2.45) is 0 Å². The van der Waals surface area contributed by atoms with Crippen LogP contribution in [0.5, 0.6) is 0 Å². The van der Waals surface area contributed by atoms with E-state index in [4.69, 9.17) is 0 Å². The fraction of sp³-hybridized carbons (Fsp3) is 0.263. The van der Waals surface area contributed by atoms with E-state index in [1.165, 1.54) is 0 Å². The van der Waals surface area contributed by atoms with E-state index in [1.54, 1.807) is 6.07 Å². The summed E-state index contributed by atoms with van der Waals surface area (Å²) >= 11 is 0. The van der Waals surface area contributed by atoms with E-state index >= 15 is 0 Å². The third-order valence-electron chi connectivity index (χ3n) is 5.08. The molecule has 4 rings (SSSR count). The number of imide groups is 1. The molecule has 2 heterocycles. The van der Waals surface area contributed by atoms with Gasteiger partial charge in [0.05, 0.1) is 17.2 Å². The molecule has 0 aliphatic carbocycles. The van der Waals surface area contributed by atoms with E-state index in [2.05, 4.69) is 5.32 Å². The molecule has 0 bridgehead atoms. The Hall–Kier alpha value is -2.74. The number of aryl methyl sites for hydroxylation is 1. The van der Waals surface area contributed by atoms with Crippen LogP contribution in [0.4, 0.5) is 9.18 Å². The zero-order chi connectivity index (χ0) is 19.4. The molecule has 0 unspecified atom stereocenters. The standard InChI is InChI=1S/C19H17FN2O4S/c1-12-3-2-4-13(9-12)11-22-17(23)19(21-18(22)24)7-8-27(25,26)16-6-5-14(20)10-15(16)19/h2-6,9-10H,7-8,11H2,1H3,(H,21,24)/t19-/m0/s1. The number of nitrogens with zero attached hydrogens (tertiary/aromatic N) is 1. The molecule has 2 aromatic rings. The van der Waals surface area contributed by atoms with E-state index in [0.717, 1.165) is 34.2 Å². The van der Waals surface area contributed by atoms with Crippen molar-refractivity contribution in [3.63, 3.8) is 0 Å². The Morgan fingerprint density at radius 2 is 1.96 bits per heavy atom. The lowest BCUT2D eigenvalue weighted by atomic mass is 9.86. The highest BCUT2D eigenvalue weighted by atomic mass is 32.2. The second-order valence-electron chi connectivity index (χ2n) is 6.93. The number of amides is 3. The van der Waals surface area contributed by atoms with Gasteiger partial charge in [-0.3, -0.25) is 9.69 Å². The van der Waals surface area contributed by atoms with E-state index in [9.17, 15) is 22.4 Å². The van der Waals surface area contributed by atoms with Gasteiger partial charge in [0, 0.05) is 5.56 Å².